The molecule has 0 saturated carbocycles. The van der Waals surface area contributed by atoms with E-state index in [1.54, 1.807) is 0 Å². The van der Waals surface area contributed by atoms with Crippen molar-refractivity contribution in [2.75, 3.05) is 0 Å². The molecule has 1 fully saturated rings. The van der Waals surface area contributed by atoms with Crippen LogP contribution in [0, 0.1) is 54.6 Å². The van der Waals surface area contributed by atoms with Gasteiger partial charge in [-0.1, -0.05) is 0 Å². The van der Waals surface area contributed by atoms with E-state index in [1.807, 2.05) is 0 Å². The molecule has 3 unspecified atom stereocenters. The summed E-state index contributed by atoms with van der Waals surface area (Å²) in [6.45, 7) is 9.27. The third-order valence-electron chi connectivity index (χ3n) is 3.78. The molecule has 0 amide bonds. The molecule has 0 N–H and O–H groups in total. The van der Waals surface area contributed by atoms with E-state index >= 15 is 0 Å². The summed E-state index contributed by atoms with van der Waals surface area (Å²) >= 11 is 0.604. The molecule has 0 spiro atoms. The van der Waals surface area contributed by atoms with Crippen LogP contribution in [0.1, 0.15) is 34.1 Å². The normalized spacial score (nSPS) is 49.1. The van der Waals surface area contributed by atoms with E-state index in [2.05, 4.69) is 27.7 Å². The number of rotatable bonds is 1. The predicted octanol–water partition coefficient (Wildman–Crippen LogP) is 2.53. The monoisotopic (exact) mass is 382 g/mol. The summed E-state index contributed by atoms with van der Waals surface area (Å²) in [5.74, 6) is 1.69. The van der Waals surface area contributed by atoms with E-state index < -0.39 is 0 Å². The van der Waals surface area contributed by atoms with Crippen LogP contribution in [0.25, 0.3) is 0 Å². The Bertz CT molecular complexity index is 144. The van der Waals surface area contributed by atoms with Crippen molar-refractivity contribution in [2.45, 2.75) is 47.3 Å². The third-order valence-corrected chi connectivity index (χ3v) is 12.0. The van der Waals surface area contributed by atoms with Crippen molar-refractivity contribution >= 4 is 0 Å². The standard InChI is InChI=1S/C10H19O.Ra.H/c1-5-10-9(4)7(2)6-8(3)11-10;;/h6-10H,5H2,1-4H3;;/t7-,8?,9-,10?;;/m0../s1. The topological polar surface area (TPSA) is 9.23 Å². The molecule has 0 aliphatic carbocycles. The summed E-state index contributed by atoms with van der Waals surface area (Å²) in [6, 6.07) is 0. The average Bonchev–Trinajstić information content (AvgIpc) is 2.08. The van der Waals surface area contributed by atoms with Gasteiger partial charge in [0.1, 0.15) is 0 Å². The predicted molar refractivity (Wildman–Crippen MR) is 48.1 cm³/mol. The second kappa shape index (κ2) is 4.78. The minimum atomic E-state index is 0.529. The fourth-order valence-electron chi connectivity index (χ4n) is 2.24. The van der Waals surface area contributed by atoms with Gasteiger partial charge < -0.3 is 0 Å². The van der Waals surface area contributed by atoms with E-state index in [9.17, 15) is 0 Å². The van der Waals surface area contributed by atoms with E-state index in [-0.39, 0.29) is 0 Å². The van der Waals surface area contributed by atoms with Crippen LogP contribution in [-0.4, -0.2) is 12.2 Å². The molecule has 0 radical (unpaired) electrons. The fourth-order valence-corrected chi connectivity index (χ4v) is 5.38. The van der Waals surface area contributed by atoms with Crippen molar-refractivity contribution in [1.29, 1.82) is 0 Å². The van der Waals surface area contributed by atoms with Gasteiger partial charge in [-0.15, -0.1) is 0 Å². The van der Waals surface area contributed by atoms with E-state index in [0.717, 1.165) is 12.8 Å². The zero-order chi connectivity index (χ0) is 9.30. The first-order chi connectivity index (χ1) is 5.57. The first kappa shape index (κ1) is 11.5. The summed E-state index contributed by atoms with van der Waals surface area (Å²) in [5.41, 5.74) is 0. The minimum absolute atomic E-state index is 0.529. The van der Waals surface area contributed by atoms with Crippen molar-refractivity contribution in [3.05, 3.63) is 0 Å². The fraction of sp³-hybridized carbons (Fsp3) is 1.00. The summed E-state index contributed by atoms with van der Waals surface area (Å²) < 4.78 is 6.93. The van der Waals surface area contributed by atoms with Crippen LogP contribution in [0.15, 0.2) is 0 Å². The maximum absolute atomic E-state index is 5.99. The zero-order valence-electron chi connectivity index (χ0n) is 9.00. The summed E-state index contributed by atoms with van der Waals surface area (Å²) in [7, 11) is 0. The van der Waals surface area contributed by atoms with Gasteiger partial charge in [0.15, 0.2) is 0 Å². The van der Waals surface area contributed by atoms with E-state index in [1.165, 1.54) is 6.42 Å². The molecule has 1 heterocycles. The van der Waals surface area contributed by atoms with Crippen LogP contribution < -0.4 is 0 Å². The molecule has 1 saturated heterocycles. The average molecular weight is 382 g/mol. The summed E-state index contributed by atoms with van der Waals surface area (Å²) in [6.07, 6.45) is 2.26. The quantitative estimate of drug-likeness (QED) is 0.678. The molecule has 0 aromatic rings. The van der Waals surface area contributed by atoms with Crippen LogP contribution in [0.3, 0.4) is 0 Å². The van der Waals surface area contributed by atoms with Crippen molar-refractivity contribution in [3.8, 4) is 0 Å². The van der Waals surface area contributed by atoms with E-state index in [4.69, 9.17) is 4.74 Å². The molecule has 0 aromatic carbocycles. The second-order valence-corrected chi connectivity index (χ2v) is 9.84. The van der Waals surface area contributed by atoms with Crippen molar-refractivity contribution in [2.24, 2.45) is 11.8 Å². The van der Waals surface area contributed by atoms with Gasteiger partial charge in [-0.05, 0) is 0 Å². The van der Waals surface area contributed by atoms with Crippen molar-refractivity contribution in [1.82, 2.24) is 0 Å². The van der Waals surface area contributed by atoms with Gasteiger partial charge in [0.2, 0.25) is 0 Å². The molecule has 1 nitrogen and oxygen atoms in total. The molecule has 5 atom stereocenters. The molecule has 2 heteroatoms. The van der Waals surface area contributed by atoms with Crippen molar-refractivity contribution < 1.29 is 47.5 Å². The van der Waals surface area contributed by atoms with Gasteiger partial charge in [0.05, 0.1) is 0 Å². The first-order valence-electron chi connectivity index (χ1n) is 5.23. The Labute approximate surface area is 105 Å². The van der Waals surface area contributed by atoms with Crippen LogP contribution >= 0.6 is 0 Å². The van der Waals surface area contributed by atoms with Gasteiger partial charge >= 0.3 is 107 Å². The molecule has 12 heavy (non-hydrogen) atoms. The molecule has 1 aliphatic rings. The van der Waals surface area contributed by atoms with Gasteiger partial charge in [-0.2, -0.15) is 0 Å². The second-order valence-electron chi connectivity index (χ2n) is 4.37. The maximum atomic E-state index is 5.99. The van der Waals surface area contributed by atoms with Crippen LogP contribution in [0.5, 0.6) is 0 Å². The summed E-state index contributed by atoms with van der Waals surface area (Å²) in [5, 5.41) is 0. The van der Waals surface area contributed by atoms with Gasteiger partial charge in [0, 0.05) is 0 Å². The molecule has 68 valence electrons. The van der Waals surface area contributed by atoms with E-state index in [0.29, 0.717) is 55.0 Å². The number of hydrogen-bond donors (Lipinski definition) is 0. The SMILES string of the molecule is CCC1OC(C)[CH]([RaH])[C@H](C)[C@@H]1C. The molecule has 1 rings (SSSR count). The first-order valence-corrected chi connectivity index (χ1v) is 9.98. The van der Waals surface area contributed by atoms with Gasteiger partial charge in [-0.25, -0.2) is 0 Å². The molecular formula is C10H20ORa. The molecule has 0 bridgehead atoms. The van der Waals surface area contributed by atoms with Gasteiger partial charge in [0.25, 0.3) is 0 Å². The van der Waals surface area contributed by atoms with Crippen LogP contribution in [0.2, 0.25) is 0.959 Å². The van der Waals surface area contributed by atoms with Crippen LogP contribution in [0.4, 0.5) is 0 Å². The Morgan fingerprint density at radius 3 is 2.25 bits per heavy atom. The zero-order valence-corrected chi connectivity index (χ0v) is 17.2. The Kier molecular flexibility index (Phi) is 4.58. The van der Waals surface area contributed by atoms with Crippen LogP contribution in [-0.2, 0) is 4.74 Å². The Morgan fingerprint density at radius 2 is 1.75 bits per heavy atom. The number of hydrogen-bond acceptors (Lipinski definition) is 1. The van der Waals surface area contributed by atoms with Gasteiger partial charge in [-0.3, -0.25) is 0 Å². The molecule has 1 aliphatic heterocycles. The molecular weight excluding hydrogens is 362 g/mol. The number of ether oxygens (including phenoxy) is 1. The Balaban J connectivity index is 2.63. The third kappa shape index (κ3) is 2.26. The molecule has 0 aromatic heterocycles. The summed E-state index contributed by atoms with van der Waals surface area (Å²) in [4.78, 5) is 0. The van der Waals surface area contributed by atoms with Crippen molar-refractivity contribution in [3.63, 3.8) is 0 Å². The Morgan fingerprint density at radius 1 is 1.17 bits per heavy atom. The Hall–Kier alpha value is 1.43.